The summed E-state index contributed by atoms with van der Waals surface area (Å²) in [5.74, 6) is -2.03. The molecule has 152 valence electrons. The van der Waals surface area contributed by atoms with Gasteiger partial charge in [-0.3, -0.25) is 14.4 Å². The molecular weight excluding hydrogens is 370 g/mol. The number of aryl methyl sites for hydroxylation is 1. The van der Waals surface area contributed by atoms with Crippen LogP contribution in [0.5, 0.6) is 0 Å². The number of carbonyl (C=O) groups excluding carboxylic acids is 3. The summed E-state index contributed by atoms with van der Waals surface area (Å²) >= 11 is 0. The normalized spacial score (nSPS) is 33.3. The van der Waals surface area contributed by atoms with E-state index in [9.17, 15) is 14.4 Å². The Morgan fingerprint density at radius 3 is 2.17 bits per heavy atom. The molecule has 1 aromatic carbocycles. The first kappa shape index (κ1) is 19.6. The molecule has 3 saturated heterocycles. The molecule has 0 spiro atoms. The summed E-state index contributed by atoms with van der Waals surface area (Å²) in [6.07, 6.45) is 0. The minimum Gasteiger partial charge on any atom is -0.364 e. The number of likely N-dealkylation sites (tertiary alicyclic amines) is 1. The van der Waals surface area contributed by atoms with E-state index in [0.29, 0.717) is 29.9 Å². The Balaban J connectivity index is 1.73. The van der Waals surface area contributed by atoms with E-state index >= 15 is 0 Å². The highest BCUT2D eigenvalue weighted by Gasteiger charge is 2.72. The van der Waals surface area contributed by atoms with Crippen molar-refractivity contribution >= 4 is 23.4 Å². The molecule has 0 aliphatic carbocycles. The summed E-state index contributed by atoms with van der Waals surface area (Å²) in [7, 11) is 0. The maximum absolute atomic E-state index is 13.4. The molecule has 2 bridgehead atoms. The van der Waals surface area contributed by atoms with Gasteiger partial charge in [0.2, 0.25) is 17.7 Å². The van der Waals surface area contributed by atoms with Crippen LogP contribution in [-0.2, 0) is 19.1 Å². The minimum atomic E-state index is -0.911. The summed E-state index contributed by atoms with van der Waals surface area (Å²) in [6.45, 7) is 9.71. The van der Waals surface area contributed by atoms with Gasteiger partial charge < -0.3 is 9.64 Å². The van der Waals surface area contributed by atoms with Crippen LogP contribution in [0.3, 0.4) is 0 Å². The number of amides is 3. The average molecular weight is 395 g/mol. The number of imide groups is 1. The highest BCUT2D eigenvalue weighted by molar-refractivity contribution is 6.23. The highest BCUT2D eigenvalue weighted by Crippen LogP contribution is 2.55. The second kappa shape index (κ2) is 6.14. The fraction of sp³-hybridized carbons (Fsp3) is 0.545. The van der Waals surface area contributed by atoms with Gasteiger partial charge in [0.1, 0.15) is 0 Å². The zero-order valence-corrected chi connectivity index (χ0v) is 17.4. The number of hydrogen-bond acceptors (Lipinski definition) is 5. The molecule has 0 radical (unpaired) electrons. The Morgan fingerprint density at radius 2 is 1.72 bits per heavy atom. The number of nitrogens with zero attached hydrogens (tertiary/aromatic N) is 3. The van der Waals surface area contributed by atoms with E-state index in [0.717, 1.165) is 0 Å². The van der Waals surface area contributed by atoms with Gasteiger partial charge in [0.15, 0.2) is 0 Å². The van der Waals surface area contributed by atoms with E-state index in [-0.39, 0.29) is 23.6 Å². The van der Waals surface area contributed by atoms with Gasteiger partial charge in [0, 0.05) is 5.92 Å². The smallest absolute Gasteiger partial charge is 0.240 e. The van der Waals surface area contributed by atoms with Crippen molar-refractivity contribution in [2.45, 2.75) is 45.8 Å². The summed E-state index contributed by atoms with van der Waals surface area (Å²) in [5.41, 5.74) is -0.122. The van der Waals surface area contributed by atoms with E-state index in [1.165, 1.54) is 4.90 Å². The Morgan fingerprint density at radius 1 is 1.17 bits per heavy atom. The number of rotatable bonds is 2. The molecule has 3 fully saturated rings. The standard InChI is InChI=1S/C22H25N3O4/c1-12(2)18(26)24-10-21(4)16-17(22(5,11-24)29-21)20(28)25(19(16)27)15-7-6-14(9-23)13(3)8-15/h6-8,12,16-17H,10-11H2,1-5H3/t16-,17+,21-,22+. The van der Waals surface area contributed by atoms with Crippen molar-refractivity contribution in [3.8, 4) is 6.07 Å². The van der Waals surface area contributed by atoms with E-state index in [1.807, 2.05) is 27.7 Å². The van der Waals surface area contributed by atoms with Gasteiger partial charge in [-0.25, -0.2) is 4.90 Å². The zero-order chi connectivity index (χ0) is 21.3. The number of hydrogen-bond donors (Lipinski definition) is 0. The van der Waals surface area contributed by atoms with E-state index in [1.54, 1.807) is 30.0 Å². The molecule has 1 aromatic rings. The Hall–Kier alpha value is -2.72. The van der Waals surface area contributed by atoms with E-state index in [2.05, 4.69) is 6.07 Å². The molecule has 29 heavy (non-hydrogen) atoms. The van der Waals surface area contributed by atoms with Gasteiger partial charge in [-0.05, 0) is 44.5 Å². The highest BCUT2D eigenvalue weighted by atomic mass is 16.5. The van der Waals surface area contributed by atoms with Crippen molar-refractivity contribution in [3.63, 3.8) is 0 Å². The van der Waals surface area contributed by atoms with Crippen LogP contribution in [0.1, 0.15) is 38.8 Å². The third-order valence-electron chi connectivity index (χ3n) is 6.49. The number of fused-ring (bicyclic) bond motifs is 5. The molecule has 0 N–H and O–H groups in total. The van der Waals surface area contributed by atoms with Crippen LogP contribution in [0.4, 0.5) is 5.69 Å². The first-order valence-corrected chi connectivity index (χ1v) is 9.90. The maximum Gasteiger partial charge on any atom is 0.240 e. The van der Waals surface area contributed by atoms with Gasteiger partial charge >= 0.3 is 0 Å². The molecule has 7 nitrogen and oxygen atoms in total. The SMILES string of the molecule is Cc1cc(N2C(=O)[C@@H]3[C@H](C2=O)[C@@]2(C)CN(C(=O)C(C)C)C[C@]3(C)O2)ccc1C#N. The number of nitriles is 1. The number of morpholine rings is 1. The minimum absolute atomic E-state index is 0.00481. The molecule has 0 aromatic heterocycles. The van der Waals surface area contributed by atoms with E-state index in [4.69, 9.17) is 10.00 Å². The molecule has 0 saturated carbocycles. The maximum atomic E-state index is 13.4. The van der Waals surface area contributed by atoms with Crippen molar-refractivity contribution < 1.29 is 19.1 Å². The van der Waals surface area contributed by atoms with Crippen molar-refractivity contribution in [1.29, 1.82) is 5.26 Å². The van der Waals surface area contributed by atoms with Gasteiger partial charge in [-0.1, -0.05) is 13.8 Å². The Kier molecular flexibility index (Phi) is 4.15. The van der Waals surface area contributed by atoms with Gasteiger partial charge in [0.25, 0.3) is 0 Å². The van der Waals surface area contributed by atoms with Gasteiger partial charge in [0.05, 0.1) is 53.4 Å². The topological polar surface area (TPSA) is 90.7 Å². The van der Waals surface area contributed by atoms with Crippen LogP contribution in [0.2, 0.25) is 0 Å². The number of ether oxygens (including phenoxy) is 1. The number of carbonyl (C=O) groups is 3. The largest absolute Gasteiger partial charge is 0.364 e. The van der Waals surface area contributed by atoms with E-state index < -0.39 is 23.0 Å². The van der Waals surface area contributed by atoms with Gasteiger partial charge in [-0.15, -0.1) is 0 Å². The molecule has 3 aliphatic heterocycles. The Bertz CT molecular complexity index is 945. The zero-order valence-electron chi connectivity index (χ0n) is 17.4. The lowest BCUT2D eigenvalue weighted by atomic mass is 9.79. The molecule has 0 unspecified atom stereocenters. The lowest BCUT2D eigenvalue weighted by Crippen LogP contribution is -2.60. The molecule has 4 atom stereocenters. The number of anilines is 1. The quantitative estimate of drug-likeness (QED) is 0.715. The fourth-order valence-corrected chi connectivity index (χ4v) is 5.32. The molecule has 3 amide bonds. The lowest BCUT2D eigenvalue weighted by molar-refractivity contribution is -0.180. The Labute approximate surface area is 170 Å². The first-order valence-electron chi connectivity index (χ1n) is 9.90. The summed E-state index contributed by atoms with van der Waals surface area (Å²) in [6, 6.07) is 7.06. The van der Waals surface area contributed by atoms with Crippen molar-refractivity contribution in [2.24, 2.45) is 17.8 Å². The summed E-state index contributed by atoms with van der Waals surface area (Å²) < 4.78 is 6.28. The van der Waals surface area contributed by atoms with Crippen molar-refractivity contribution in [3.05, 3.63) is 29.3 Å². The van der Waals surface area contributed by atoms with Crippen LogP contribution in [0.15, 0.2) is 18.2 Å². The van der Waals surface area contributed by atoms with Crippen LogP contribution in [0, 0.1) is 36.0 Å². The second-order valence-electron chi connectivity index (χ2n) is 9.15. The predicted molar refractivity (Wildman–Crippen MR) is 105 cm³/mol. The lowest BCUT2D eigenvalue weighted by Gasteiger charge is -2.45. The van der Waals surface area contributed by atoms with Gasteiger partial charge in [-0.2, -0.15) is 5.26 Å². The fourth-order valence-electron chi connectivity index (χ4n) is 5.32. The van der Waals surface area contributed by atoms with Crippen LogP contribution in [-0.4, -0.2) is 46.9 Å². The third-order valence-corrected chi connectivity index (χ3v) is 6.49. The first-order chi connectivity index (χ1) is 13.5. The predicted octanol–water partition coefficient (Wildman–Crippen LogP) is 2.02. The summed E-state index contributed by atoms with van der Waals surface area (Å²) in [4.78, 5) is 42.5. The molecule has 7 heteroatoms. The second-order valence-corrected chi connectivity index (χ2v) is 9.15. The van der Waals surface area contributed by atoms with Crippen LogP contribution >= 0.6 is 0 Å². The van der Waals surface area contributed by atoms with Crippen LogP contribution < -0.4 is 4.90 Å². The molecule has 4 rings (SSSR count). The summed E-state index contributed by atoms with van der Waals surface area (Å²) in [5, 5.41) is 9.15. The average Bonchev–Trinajstić information content (AvgIpc) is 3.00. The van der Waals surface area contributed by atoms with Crippen molar-refractivity contribution in [2.75, 3.05) is 18.0 Å². The molecule has 3 aliphatic rings. The monoisotopic (exact) mass is 395 g/mol. The van der Waals surface area contributed by atoms with Crippen LogP contribution in [0.25, 0.3) is 0 Å². The molecule has 3 heterocycles. The third kappa shape index (κ3) is 2.62. The van der Waals surface area contributed by atoms with Crippen molar-refractivity contribution in [1.82, 2.24) is 4.90 Å². The number of benzene rings is 1. The molecular formula is C22H25N3O4.